The van der Waals surface area contributed by atoms with E-state index in [0.717, 1.165) is 18.4 Å². The van der Waals surface area contributed by atoms with Crippen molar-refractivity contribution in [2.75, 3.05) is 26.8 Å². The second-order valence-electron chi connectivity index (χ2n) is 5.08. The maximum absolute atomic E-state index is 12.6. The van der Waals surface area contributed by atoms with Gasteiger partial charge < -0.3 is 4.74 Å². The predicted octanol–water partition coefficient (Wildman–Crippen LogP) is 2.47. The van der Waals surface area contributed by atoms with Gasteiger partial charge in [-0.1, -0.05) is 12.1 Å². The molecule has 20 heavy (non-hydrogen) atoms. The second kappa shape index (κ2) is 6.89. The van der Waals surface area contributed by atoms with Crippen molar-refractivity contribution >= 4 is 21.6 Å². The minimum absolute atomic E-state index is 0.319. The SMILES string of the molecule is COCC1CCN(S(=O)(=O)c2cccc(CCl)c2)CC1. The average Bonchev–Trinajstić information content (AvgIpc) is 2.48. The Morgan fingerprint density at radius 1 is 1.35 bits per heavy atom. The number of ether oxygens (including phenoxy) is 1. The van der Waals surface area contributed by atoms with Gasteiger partial charge in [0.2, 0.25) is 10.0 Å². The zero-order chi connectivity index (χ0) is 14.6. The van der Waals surface area contributed by atoms with E-state index in [4.69, 9.17) is 16.3 Å². The molecule has 0 saturated carbocycles. The summed E-state index contributed by atoms with van der Waals surface area (Å²) in [6, 6.07) is 6.86. The van der Waals surface area contributed by atoms with Gasteiger partial charge in [0.25, 0.3) is 0 Å². The Balaban J connectivity index is 2.11. The highest BCUT2D eigenvalue weighted by atomic mass is 35.5. The molecule has 0 unspecified atom stereocenters. The largest absolute Gasteiger partial charge is 0.384 e. The van der Waals surface area contributed by atoms with Crippen LogP contribution in [0.15, 0.2) is 29.2 Å². The summed E-state index contributed by atoms with van der Waals surface area (Å²) < 4.78 is 31.8. The van der Waals surface area contributed by atoms with Crippen LogP contribution in [0.5, 0.6) is 0 Å². The molecule has 1 aromatic rings. The molecule has 1 heterocycles. The number of piperidine rings is 1. The number of hydrogen-bond acceptors (Lipinski definition) is 3. The van der Waals surface area contributed by atoms with Crippen molar-refractivity contribution in [1.82, 2.24) is 4.31 Å². The third-order valence-corrected chi connectivity index (χ3v) is 5.87. The highest BCUT2D eigenvalue weighted by Crippen LogP contribution is 2.24. The molecular weight excluding hydrogens is 298 g/mol. The molecule has 0 radical (unpaired) electrons. The van der Waals surface area contributed by atoms with Gasteiger partial charge in [-0.25, -0.2) is 8.42 Å². The monoisotopic (exact) mass is 317 g/mol. The van der Waals surface area contributed by atoms with Gasteiger partial charge in [-0.15, -0.1) is 11.6 Å². The van der Waals surface area contributed by atoms with E-state index in [2.05, 4.69) is 0 Å². The molecule has 0 amide bonds. The number of methoxy groups -OCH3 is 1. The molecule has 1 aromatic carbocycles. The fourth-order valence-electron chi connectivity index (χ4n) is 2.49. The van der Waals surface area contributed by atoms with Crippen LogP contribution < -0.4 is 0 Å². The van der Waals surface area contributed by atoms with Crippen LogP contribution >= 0.6 is 11.6 Å². The lowest BCUT2D eigenvalue weighted by molar-refractivity contribution is 0.121. The lowest BCUT2D eigenvalue weighted by Gasteiger charge is -2.30. The van der Waals surface area contributed by atoms with Crippen molar-refractivity contribution in [2.24, 2.45) is 5.92 Å². The van der Waals surface area contributed by atoms with E-state index in [-0.39, 0.29) is 0 Å². The molecular formula is C14H20ClNO3S. The third kappa shape index (κ3) is 3.52. The molecule has 2 rings (SSSR count). The first kappa shape index (κ1) is 15.8. The lowest BCUT2D eigenvalue weighted by Crippen LogP contribution is -2.39. The summed E-state index contributed by atoms with van der Waals surface area (Å²) in [6.07, 6.45) is 1.70. The fraction of sp³-hybridized carbons (Fsp3) is 0.571. The van der Waals surface area contributed by atoms with Crippen LogP contribution in [0.25, 0.3) is 0 Å². The van der Waals surface area contributed by atoms with Crippen molar-refractivity contribution in [2.45, 2.75) is 23.6 Å². The Morgan fingerprint density at radius 3 is 2.65 bits per heavy atom. The molecule has 0 N–H and O–H groups in total. The minimum Gasteiger partial charge on any atom is -0.384 e. The first-order chi connectivity index (χ1) is 9.57. The zero-order valence-corrected chi connectivity index (χ0v) is 13.2. The van der Waals surface area contributed by atoms with Crippen LogP contribution in [0.3, 0.4) is 0 Å². The Hall–Kier alpha value is -0.620. The summed E-state index contributed by atoms with van der Waals surface area (Å²) >= 11 is 5.77. The highest BCUT2D eigenvalue weighted by molar-refractivity contribution is 7.89. The zero-order valence-electron chi connectivity index (χ0n) is 11.6. The molecule has 4 nitrogen and oxygen atoms in total. The highest BCUT2D eigenvalue weighted by Gasteiger charge is 2.29. The van der Waals surface area contributed by atoms with Crippen LogP contribution in [-0.4, -0.2) is 39.5 Å². The van der Waals surface area contributed by atoms with Crippen LogP contribution in [0.1, 0.15) is 18.4 Å². The quantitative estimate of drug-likeness (QED) is 0.784. The normalized spacial score (nSPS) is 18.3. The summed E-state index contributed by atoms with van der Waals surface area (Å²) in [5, 5.41) is 0. The molecule has 0 bridgehead atoms. The van der Waals surface area contributed by atoms with Crippen molar-refractivity contribution in [3.63, 3.8) is 0 Å². The van der Waals surface area contributed by atoms with Crippen molar-refractivity contribution < 1.29 is 13.2 Å². The third-order valence-electron chi connectivity index (χ3n) is 3.67. The topological polar surface area (TPSA) is 46.6 Å². The van der Waals surface area contributed by atoms with Crippen LogP contribution in [0.2, 0.25) is 0 Å². The molecule has 112 valence electrons. The molecule has 0 aliphatic carbocycles. The Kier molecular flexibility index (Phi) is 5.43. The molecule has 1 saturated heterocycles. The smallest absolute Gasteiger partial charge is 0.243 e. The average molecular weight is 318 g/mol. The standard InChI is InChI=1S/C14H20ClNO3S/c1-19-11-12-5-7-16(8-6-12)20(17,18)14-4-2-3-13(9-14)10-15/h2-4,9,12H,5-8,10-11H2,1H3. The molecule has 1 fully saturated rings. The summed E-state index contributed by atoms with van der Waals surface area (Å²) in [4.78, 5) is 0.334. The molecule has 0 atom stereocenters. The number of sulfonamides is 1. The molecule has 1 aliphatic rings. The minimum atomic E-state index is -3.40. The van der Waals surface area contributed by atoms with Crippen LogP contribution in [0.4, 0.5) is 0 Å². The Labute approximate surface area is 125 Å². The van der Waals surface area contributed by atoms with Gasteiger partial charge in [0, 0.05) is 32.7 Å². The maximum Gasteiger partial charge on any atom is 0.243 e. The lowest BCUT2D eigenvalue weighted by atomic mass is 9.99. The van der Waals surface area contributed by atoms with Gasteiger partial charge >= 0.3 is 0 Å². The Bertz CT molecular complexity index is 539. The number of halogens is 1. The molecule has 0 aromatic heterocycles. The van der Waals surface area contributed by atoms with Gasteiger partial charge in [0.1, 0.15) is 0 Å². The van der Waals surface area contributed by atoms with E-state index >= 15 is 0 Å². The van der Waals surface area contributed by atoms with E-state index in [1.54, 1.807) is 29.6 Å². The number of rotatable bonds is 5. The summed E-state index contributed by atoms with van der Waals surface area (Å²) in [6.45, 7) is 1.82. The van der Waals surface area contributed by atoms with E-state index in [1.165, 1.54) is 0 Å². The number of benzene rings is 1. The number of nitrogens with zero attached hydrogens (tertiary/aromatic N) is 1. The summed E-state index contributed by atoms with van der Waals surface area (Å²) in [5.41, 5.74) is 0.821. The predicted molar refractivity (Wildman–Crippen MR) is 79.4 cm³/mol. The van der Waals surface area contributed by atoms with E-state index < -0.39 is 10.0 Å². The van der Waals surface area contributed by atoms with Gasteiger partial charge in [0.05, 0.1) is 4.90 Å². The van der Waals surface area contributed by atoms with Crippen molar-refractivity contribution in [1.29, 1.82) is 0 Å². The molecule has 6 heteroatoms. The van der Waals surface area contributed by atoms with Crippen molar-refractivity contribution in [3.05, 3.63) is 29.8 Å². The van der Waals surface area contributed by atoms with Gasteiger partial charge in [-0.05, 0) is 36.5 Å². The van der Waals surface area contributed by atoms with Gasteiger partial charge in [-0.3, -0.25) is 0 Å². The van der Waals surface area contributed by atoms with Crippen molar-refractivity contribution in [3.8, 4) is 0 Å². The molecule has 0 spiro atoms. The molecule has 1 aliphatic heterocycles. The fourth-order valence-corrected chi connectivity index (χ4v) is 4.20. The maximum atomic E-state index is 12.6. The van der Waals surface area contributed by atoms with E-state index in [0.29, 0.717) is 36.4 Å². The second-order valence-corrected chi connectivity index (χ2v) is 7.29. The number of alkyl halides is 1. The first-order valence-corrected chi connectivity index (χ1v) is 8.69. The summed E-state index contributed by atoms with van der Waals surface area (Å²) in [5.74, 6) is 0.778. The van der Waals surface area contributed by atoms with E-state index in [1.807, 2.05) is 6.07 Å². The van der Waals surface area contributed by atoms with Crippen LogP contribution in [0, 0.1) is 5.92 Å². The van der Waals surface area contributed by atoms with Crippen LogP contribution in [-0.2, 0) is 20.6 Å². The Morgan fingerprint density at radius 2 is 2.05 bits per heavy atom. The van der Waals surface area contributed by atoms with E-state index in [9.17, 15) is 8.42 Å². The van der Waals surface area contributed by atoms with Gasteiger partial charge in [0.15, 0.2) is 0 Å². The number of hydrogen-bond donors (Lipinski definition) is 0. The van der Waals surface area contributed by atoms with Gasteiger partial charge in [-0.2, -0.15) is 4.31 Å². The summed E-state index contributed by atoms with van der Waals surface area (Å²) in [7, 11) is -1.72. The first-order valence-electron chi connectivity index (χ1n) is 6.72.